The summed E-state index contributed by atoms with van der Waals surface area (Å²) in [5.74, 6) is -1.20. The molecule has 1 aromatic carbocycles. The summed E-state index contributed by atoms with van der Waals surface area (Å²) in [4.78, 5) is 10.7. The second-order valence-corrected chi connectivity index (χ2v) is 4.29. The molecule has 0 saturated heterocycles. The number of hydrogen-bond acceptors (Lipinski definition) is 2. The molecule has 0 aliphatic rings. The van der Waals surface area contributed by atoms with Crippen molar-refractivity contribution in [2.45, 2.75) is 45.4 Å². The molecule has 0 aliphatic heterocycles. The van der Waals surface area contributed by atoms with Gasteiger partial charge in [0.05, 0.1) is 5.56 Å². The van der Waals surface area contributed by atoms with E-state index >= 15 is 0 Å². The molecule has 0 fully saturated rings. The van der Waals surface area contributed by atoms with Gasteiger partial charge in [0.15, 0.2) is 0 Å². The van der Waals surface area contributed by atoms with Gasteiger partial charge in [-0.3, -0.25) is 0 Å². The molecule has 0 unspecified atom stereocenters. The van der Waals surface area contributed by atoms with Crippen LogP contribution in [0.1, 0.15) is 54.9 Å². The molecule has 0 aliphatic carbocycles. The molecule has 94 valence electrons. The topological polar surface area (TPSA) is 60.4 Å². The fourth-order valence-electron chi connectivity index (χ4n) is 1.81. The molecule has 3 nitrogen and oxygen atoms in total. The van der Waals surface area contributed by atoms with Crippen molar-refractivity contribution in [3.05, 3.63) is 29.3 Å². The van der Waals surface area contributed by atoms with Crippen molar-refractivity contribution in [2.75, 3.05) is 0 Å². The average molecular weight is 274 g/mol. The van der Waals surface area contributed by atoms with Crippen molar-refractivity contribution in [2.24, 2.45) is 0 Å². The van der Waals surface area contributed by atoms with Gasteiger partial charge >= 0.3 is 57.4 Å². The molecule has 18 heavy (non-hydrogen) atoms. The molecule has 1 rings (SSSR count). The minimum Gasteiger partial charge on any atom is -0.872 e. The number of aryl methyl sites for hydroxylation is 1. The van der Waals surface area contributed by atoms with Gasteiger partial charge in [0.1, 0.15) is 0 Å². The standard InChI is InChI=1S/C14H20O3.K/c1-2-3-4-5-6-7-11-8-9-12(14(16)17)10-13(11)15;/h8-10,15H,2-7H2,1H3,(H,16,17);/q;+1/p-1. The molecule has 0 bridgehead atoms. The van der Waals surface area contributed by atoms with E-state index in [1.807, 2.05) is 0 Å². The van der Waals surface area contributed by atoms with Crippen LogP contribution in [0, 0.1) is 0 Å². The van der Waals surface area contributed by atoms with Gasteiger partial charge in [-0.2, -0.15) is 0 Å². The summed E-state index contributed by atoms with van der Waals surface area (Å²) < 4.78 is 0. The van der Waals surface area contributed by atoms with Crippen LogP contribution in [0.25, 0.3) is 0 Å². The normalized spacial score (nSPS) is 9.83. The molecule has 0 heterocycles. The third-order valence-corrected chi connectivity index (χ3v) is 2.86. The summed E-state index contributed by atoms with van der Waals surface area (Å²) in [7, 11) is 0. The maximum absolute atomic E-state index is 11.6. The quantitative estimate of drug-likeness (QED) is 0.561. The van der Waals surface area contributed by atoms with E-state index in [1.165, 1.54) is 31.4 Å². The first-order valence-electron chi connectivity index (χ1n) is 6.18. The minimum absolute atomic E-state index is 0. The summed E-state index contributed by atoms with van der Waals surface area (Å²) in [6.07, 6.45) is 6.54. The Morgan fingerprint density at radius 2 is 1.89 bits per heavy atom. The maximum Gasteiger partial charge on any atom is 1.00 e. The fourth-order valence-corrected chi connectivity index (χ4v) is 1.81. The Balaban J connectivity index is 0.00000289. The number of carboxylic acid groups (broad SMARTS) is 1. The zero-order valence-corrected chi connectivity index (χ0v) is 14.4. The van der Waals surface area contributed by atoms with E-state index in [4.69, 9.17) is 5.11 Å². The predicted molar refractivity (Wildman–Crippen MR) is 65.3 cm³/mol. The van der Waals surface area contributed by atoms with Crippen LogP contribution in [0.4, 0.5) is 0 Å². The fraction of sp³-hybridized carbons (Fsp3) is 0.500. The third kappa shape index (κ3) is 6.34. The van der Waals surface area contributed by atoms with Crippen LogP contribution in [0.5, 0.6) is 5.75 Å². The largest absolute Gasteiger partial charge is 1.00 e. The first-order chi connectivity index (χ1) is 8.15. The molecular weight excluding hydrogens is 255 g/mol. The van der Waals surface area contributed by atoms with Crippen LogP contribution in [0.15, 0.2) is 18.2 Å². The van der Waals surface area contributed by atoms with E-state index in [9.17, 15) is 9.90 Å². The molecule has 4 heteroatoms. The number of carboxylic acids is 1. The molecule has 0 atom stereocenters. The van der Waals surface area contributed by atoms with E-state index in [0.29, 0.717) is 0 Å². The van der Waals surface area contributed by atoms with Crippen molar-refractivity contribution in [1.29, 1.82) is 0 Å². The van der Waals surface area contributed by atoms with Gasteiger partial charge in [-0.25, -0.2) is 4.79 Å². The second kappa shape index (κ2) is 9.98. The van der Waals surface area contributed by atoms with Crippen LogP contribution < -0.4 is 56.5 Å². The monoisotopic (exact) mass is 274 g/mol. The summed E-state index contributed by atoms with van der Waals surface area (Å²) in [6, 6.07) is 4.36. The Kier molecular flexibility index (Phi) is 10.0. The van der Waals surface area contributed by atoms with Crippen molar-refractivity contribution in [1.82, 2.24) is 0 Å². The Morgan fingerprint density at radius 3 is 2.44 bits per heavy atom. The van der Waals surface area contributed by atoms with Crippen LogP contribution in [0.3, 0.4) is 0 Å². The van der Waals surface area contributed by atoms with Gasteiger partial charge < -0.3 is 10.2 Å². The minimum atomic E-state index is -1.04. The summed E-state index contributed by atoms with van der Waals surface area (Å²) >= 11 is 0. The first kappa shape index (κ1) is 18.1. The molecular formula is C14H19KO3. The Labute approximate surface area is 151 Å². The van der Waals surface area contributed by atoms with E-state index in [2.05, 4.69) is 6.92 Å². The van der Waals surface area contributed by atoms with Gasteiger partial charge in [0.25, 0.3) is 0 Å². The number of benzene rings is 1. The second-order valence-electron chi connectivity index (χ2n) is 4.29. The Bertz CT molecular complexity index is 377. The van der Waals surface area contributed by atoms with Gasteiger partial charge in [-0.05, 0) is 18.9 Å². The van der Waals surface area contributed by atoms with E-state index in [-0.39, 0.29) is 62.7 Å². The van der Waals surface area contributed by atoms with Crippen LogP contribution in [-0.4, -0.2) is 11.1 Å². The molecule has 0 spiro atoms. The number of unbranched alkanes of at least 4 members (excludes halogenated alkanes) is 4. The number of carbonyl (C=O) groups is 1. The number of hydrogen-bond donors (Lipinski definition) is 1. The average Bonchev–Trinajstić information content (AvgIpc) is 2.30. The van der Waals surface area contributed by atoms with Crippen molar-refractivity contribution >= 4 is 5.97 Å². The van der Waals surface area contributed by atoms with E-state index in [0.717, 1.165) is 24.8 Å². The Hall–Kier alpha value is 0.126. The van der Waals surface area contributed by atoms with Gasteiger partial charge in [-0.15, -0.1) is 5.75 Å². The molecule has 0 radical (unpaired) electrons. The zero-order valence-electron chi connectivity index (χ0n) is 11.2. The van der Waals surface area contributed by atoms with Crippen molar-refractivity contribution in [3.63, 3.8) is 0 Å². The maximum atomic E-state index is 11.6. The van der Waals surface area contributed by atoms with Crippen molar-refractivity contribution < 1.29 is 66.4 Å². The van der Waals surface area contributed by atoms with Gasteiger partial charge in [0.2, 0.25) is 0 Å². The summed E-state index contributed by atoms with van der Waals surface area (Å²) in [5, 5.41) is 20.3. The Morgan fingerprint density at radius 1 is 1.22 bits per heavy atom. The summed E-state index contributed by atoms with van der Waals surface area (Å²) in [6.45, 7) is 2.17. The SMILES string of the molecule is CCCCCCCc1ccc(C(=O)O)cc1[O-].[K+]. The molecule has 1 N–H and O–H groups in total. The van der Waals surface area contributed by atoms with E-state index in [1.54, 1.807) is 6.07 Å². The molecule has 1 aromatic rings. The van der Waals surface area contributed by atoms with Crippen molar-refractivity contribution in [3.8, 4) is 5.75 Å². The predicted octanol–water partition coefficient (Wildman–Crippen LogP) is -0.0247. The van der Waals surface area contributed by atoms with E-state index < -0.39 is 5.97 Å². The zero-order chi connectivity index (χ0) is 12.7. The van der Waals surface area contributed by atoms with Crippen LogP contribution in [0.2, 0.25) is 0 Å². The summed E-state index contributed by atoms with van der Waals surface area (Å²) in [5.41, 5.74) is 0.802. The van der Waals surface area contributed by atoms with Crippen LogP contribution >= 0.6 is 0 Å². The molecule has 0 amide bonds. The number of rotatable bonds is 7. The first-order valence-corrected chi connectivity index (χ1v) is 6.18. The molecule has 0 aromatic heterocycles. The molecule has 0 saturated carbocycles. The number of aromatic carboxylic acids is 1. The smallest absolute Gasteiger partial charge is 0.872 e. The van der Waals surface area contributed by atoms with Gasteiger partial charge in [0, 0.05) is 0 Å². The van der Waals surface area contributed by atoms with Gasteiger partial charge in [-0.1, -0.05) is 50.3 Å². The third-order valence-electron chi connectivity index (χ3n) is 2.86. The van der Waals surface area contributed by atoms with Crippen LogP contribution in [-0.2, 0) is 6.42 Å².